The molecule has 0 aromatic heterocycles. The number of hydrogen-bond donors (Lipinski definition) is 0. The van der Waals surface area contributed by atoms with E-state index in [2.05, 4.69) is 11.6 Å². The molecule has 2 bridgehead atoms. The maximum atomic E-state index is 11.4. The summed E-state index contributed by atoms with van der Waals surface area (Å²) in [5.41, 5.74) is 0. The SMILES string of the molecule is CC(=O)N1CN2CN(C(C)=O)C[P+](C)(C2)C1. The van der Waals surface area contributed by atoms with E-state index < -0.39 is 7.26 Å². The van der Waals surface area contributed by atoms with Gasteiger partial charge < -0.3 is 0 Å². The molecule has 0 unspecified atom stereocenters. The normalized spacial score (nSPS) is 33.8. The van der Waals surface area contributed by atoms with Gasteiger partial charge >= 0.3 is 0 Å². The van der Waals surface area contributed by atoms with E-state index in [-0.39, 0.29) is 11.8 Å². The van der Waals surface area contributed by atoms with Crippen LogP contribution in [-0.2, 0) is 9.59 Å². The van der Waals surface area contributed by atoms with Crippen LogP contribution in [0.4, 0.5) is 0 Å². The van der Waals surface area contributed by atoms with Crippen molar-refractivity contribution in [2.75, 3.05) is 38.9 Å². The molecule has 2 aliphatic heterocycles. The predicted molar refractivity (Wildman–Crippen MR) is 64.1 cm³/mol. The third-order valence-electron chi connectivity index (χ3n) is 3.20. The maximum Gasteiger partial charge on any atom is 0.223 e. The molecule has 0 N–H and O–H groups in total. The number of carbonyl (C=O) groups is 2. The number of fused-ring (bicyclic) bond motifs is 2. The van der Waals surface area contributed by atoms with E-state index in [1.807, 2.05) is 9.80 Å². The van der Waals surface area contributed by atoms with Gasteiger partial charge in [-0.05, 0) is 0 Å². The number of rotatable bonds is 0. The van der Waals surface area contributed by atoms with Crippen molar-refractivity contribution in [1.82, 2.24) is 14.7 Å². The molecule has 0 radical (unpaired) electrons. The Kier molecular flexibility index (Phi) is 2.93. The van der Waals surface area contributed by atoms with Gasteiger partial charge in [0.2, 0.25) is 11.8 Å². The van der Waals surface area contributed by atoms with Crippen LogP contribution in [0.5, 0.6) is 0 Å². The summed E-state index contributed by atoms with van der Waals surface area (Å²) in [6.45, 7) is 6.85. The molecule has 2 saturated heterocycles. The summed E-state index contributed by atoms with van der Waals surface area (Å²) in [6, 6.07) is 0. The Labute approximate surface area is 96.7 Å². The minimum absolute atomic E-state index is 0.146. The van der Waals surface area contributed by atoms with Crippen molar-refractivity contribution in [1.29, 1.82) is 0 Å². The lowest BCUT2D eigenvalue weighted by molar-refractivity contribution is -0.134. The van der Waals surface area contributed by atoms with Crippen LogP contribution < -0.4 is 0 Å². The van der Waals surface area contributed by atoms with E-state index in [4.69, 9.17) is 0 Å². The molecule has 2 fully saturated rings. The van der Waals surface area contributed by atoms with Gasteiger partial charge in [0.25, 0.3) is 0 Å². The van der Waals surface area contributed by atoms with E-state index in [1.54, 1.807) is 13.8 Å². The fourth-order valence-electron chi connectivity index (χ4n) is 2.55. The van der Waals surface area contributed by atoms with Crippen molar-refractivity contribution in [3.8, 4) is 0 Å². The molecule has 0 aromatic carbocycles. The summed E-state index contributed by atoms with van der Waals surface area (Å²) < 4.78 is 0. The first-order valence-electron chi connectivity index (χ1n) is 5.46. The van der Waals surface area contributed by atoms with Gasteiger partial charge in [0, 0.05) is 13.8 Å². The molecule has 2 amide bonds. The molecular weight excluding hydrogens is 225 g/mol. The highest BCUT2D eigenvalue weighted by Crippen LogP contribution is 2.60. The van der Waals surface area contributed by atoms with Crippen molar-refractivity contribution in [3.05, 3.63) is 0 Å². The third kappa shape index (κ3) is 2.20. The lowest BCUT2D eigenvalue weighted by Crippen LogP contribution is -2.57. The lowest BCUT2D eigenvalue weighted by Gasteiger charge is -2.47. The summed E-state index contributed by atoms with van der Waals surface area (Å²) >= 11 is 0. The highest BCUT2D eigenvalue weighted by molar-refractivity contribution is 7.75. The van der Waals surface area contributed by atoms with Crippen LogP contribution in [0.1, 0.15) is 13.8 Å². The fraction of sp³-hybridized carbons (Fsp3) is 0.800. The highest BCUT2D eigenvalue weighted by atomic mass is 31.2. The molecular formula is C10H19N3O2P+. The van der Waals surface area contributed by atoms with Crippen molar-refractivity contribution in [2.45, 2.75) is 13.8 Å². The molecule has 2 aliphatic rings. The van der Waals surface area contributed by atoms with E-state index in [0.717, 1.165) is 18.9 Å². The molecule has 0 atom stereocenters. The minimum Gasteiger partial charge on any atom is -0.297 e. The Morgan fingerprint density at radius 2 is 1.38 bits per heavy atom. The molecule has 16 heavy (non-hydrogen) atoms. The van der Waals surface area contributed by atoms with Gasteiger partial charge in [0.15, 0.2) is 0 Å². The van der Waals surface area contributed by atoms with E-state index >= 15 is 0 Å². The maximum absolute atomic E-state index is 11.4. The van der Waals surface area contributed by atoms with Gasteiger partial charge in [-0.2, -0.15) is 0 Å². The smallest absolute Gasteiger partial charge is 0.223 e. The Balaban J connectivity index is 2.13. The monoisotopic (exact) mass is 244 g/mol. The average molecular weight is 244 g/mol. The predicted octanol–water partition coefficient (Wildman–Crippen LogP) is 0.447. The van der Waals surface area contributed by atoms with Crippen LogP contribution in [0.25, 0.3) is 0 Å². The van der Waals surface area contributed by atoms with Crippen molar-refractivity contribution in [3.63, 3.8) is 0 Å². The number of hydrogen-bond acceptors (Lipinski definition) is 3. The molecule has 0 aromatic rings. The lowest BCUT2D eigenvalue weighted by atomic mass is 10.5. The Morgan fingerprint density at radius 1 is 0.938 bits per heavy atom. The molecule has 6 heteroatoms. The Bertz CT molecular complexity index is 308. The number of nitrogens with zero attached hydrogens (tertiary/aromatic N) is 3. The second kappa shape index (κ2) is 3.97. The first-order chi connectivity index (χ1) is 7.39. The largest absolute Gasteiger partial charge is 0.297 e. The topological polar surface area (TPSA) is 43.9 Å². The minimum atomic E-state index is -1.20. The summed E-state index contributed by atoms with van der Waals surface area (Å²) in [6.07, 6.45) is 2.81. The summed E-state index contributed by atoms with van der Waals surface area (Å²) in [5.74, 6) is 0.291. The number of amides is 2. The van der Waals surface area contributed by atoms with Gasteiger partial charge in [-0.3, -0.25) is 19.4 Å². The standard InChI is InChI=1S/C10H19N3O2P/c1-9(14)12-4-11-5-13(10(2)15)8-16(3,6-11)7-12/h4-8H2,1-3H3/q+1. The van der Waals surface area contributed by atoms with Gasteiger partial charge in [-0.15, -0.1) is 0 Å². The molecule has 2 heterocycles. The first kappa shape index (κ1) is 11.8. The van der Waals surface area contributed by atoms with Crippen LogP contribution >= 0.6 is 7.26 Å². The van der Waals surface area contributed by atoms with Crippen LogP contribution in [-0.4, -0.2) is 65.4 Å². The first-order valence-corrected chi connectivity index (χ1v) is 8.26. The summed E-state index contributed by atoms with van der Waals surface area (Å²) in [5, 5.41) is 0. The Hall–Kier alpha value is -0.670. The second-order valence-corrected chi connectivity index (χ2v) is 9.20. The molecule has 0 saturated carbocycles. The third-order valence-corrected chi connectivity index (χ3v) is 6.33. The van der Waals surface area contributed by atoms with Gasteiger partial charge in [-0.1, -0.05) is 0 Å². The van der Waals surface area contributed by atoms with Gasteiger partial charge in [0.05, 0.1) is 27.3 Å². The molecule has 5 nitrogen and oxygen atoms in total. The quantitative estimate of drug-likeness (QED) is 0.581. The van der Waals surface area contributed by atoms with Crippen molar-refractivity contribution < 1.29 is 9.59 Å². The van der Waals surface area contributed by atoms with Gasteiger partial charge in [0.1, 0.15) is 18.9 Å². The molecule has 0 spiro atoms. The van der Waals surface area contributed by atoms with E-state index in [9.17, 15) is 9.59 Å². The van der Waals surface area contributed by atoms with Crippen molar-refractivity contribution >= 4 is 19.1 Å². The van der Waals surface area contributed by atoms with Crippen LogP contribution in [0.15, 0.2) is 0 Å². The van der Waals surface area contributed by atoms with Gasteiger partial charge in [-0.25, -0.2) is 4.90 Å². The Morgan fingerprint density at radius 3 is 1.69 bits per heavy atom. The molecule has 0 aliphatic carbocycles. The summed E-state index contributed by atoms with van der Waals surface area (Å²) in [4.78, 5) is 28.9. The molecule has 2 rings (SSSR count). The van der Waals surface area contributed by atoms with Crippen LogP contribution in [0.2, 0.25) is 0 Å². The molecule has 90 valence electrons. The zero-order valence-electron chi connectivity index (χ0n) is 10.1. The number of carbonyl (C=O) groups excluding carboxylic acids is 2. The summed E-state index contributed by atoms with van der Waals surface area (Å²) in [7, 11) is -1.20. The van der Waals surface area contributed by atoms with Crippen molar-refractivity contribution in [2.24, 2.45) is 0 Å². The van der Waals surface area contributed by atoms with Crippen LogP contribution in [0, 0.1) is 0 Å². The fourth-order valence-corrected chi connectivity index (χ4v) is 6.18. The zero-order valence-corrected chi connectivity index (χ0v) is 11.0. The van der Waals surface area contributed by atoms with E-state index in [1.165, 1.54) is 0 Å². The van der Waals surface area contributed by atoms with E-state index in [0.29, 0.717) is 13.3 Å². The highest BCUT2D eigenvalue weighted by Gasteiger charge is 2.48. The van der Waals surface area contributed by atoms with Crippen LogP contribution in [0.3, 0.4) is 0 Å². The zero-order chi connectivity index (χ0) is 11.9. The second-order valence-electron chi connectivity index (χ2n) is 5.12. The average Bonchev–Trinajstić information content (AvgIpc) is 2.14.